The van der Waals surface area contributed by atoms with Crippen LogP contribution in [0.3, 0.4) is 0 Å². The lowest BCUT2D eigenvalue weighted by molar-refractivity contribution is 0.00706. The van der Waals surface area contributed by atoms with E-state index in [2.05, 4.69) is 5.32 Å². The summed E-state index contributed by atoms with van der Waals surface area (Å²) in [5, 5.41) is 4.95. The normalized spacial score (nSPS) is 12.6. The first kappa shape index (κ1) is 25.3. The Balaban J connectivity index is 1.58. The number of carbonyl (C=O) groups excluding carboxylic acids is 1. The van der Waals surface area contributed by atoms with Crippen molar-refractivity contribution < 1.29 is 13.9 Å². The summed E-state index contributed by atoms with van der Waals surface area (Å²) < 4.78 is 13.9. The first-order valence-electron chi connectivity index (χ1n) is 12.6. The molecule has 0 amide bonds. The molecule has 1 unspecified atom stereocenters. The third-order valence-corrected chi connectivity index (χ3v) is 6.36. The molecule has 0 spiro atoms. The minimum atomic E-state index is -0.612. The maximum atomic E-state index is 13.2. The first-order valence-corrected chi connectivity index (χ1v) is 12.6. The number of carbonyl (C=O) groups is 1. The maximum Gasteiger partial charge on any atom is 0.340 e. The highest BCUT2D eigenvalue weighted by Crippen LogP contribution is 2.32. The Bertz CT molecular complexity index is 1740. The number of esters is 1. The van der Waals surface area contributed by atoms with Crippen molar-refractivity contribution in [1.29, 1.82) is 0 Å². The summed E-state index contributed by atoms with van der Waals surface area (Å²) in [5.41, 5.74) is 3.94. The highest BCUT2D eigenvalue weighted by atomic mass is 16.6. The highest BCUT2D eigenvalue weighted by Gasteiger charge is 2.22. The standard InChI is InChI=1S/C31H31N3O4/c1-18-15-22(19(2)32-24-10-8-7-9-21(24)30(36)38-31(3,4)5)28-23(16-18)26(35)17-27(37-28)25-12-11-20-13-14-34(6)29(20)33-25/h7-17,19,32H,1-6H3. The number of nitrogens with one attached hydrogen (secondary N) is 1. The van der Waals surface area contributed by atoms with Crippen molar-refractivity contribution in [1.82, 2.24) is 9.55 Å². The van der Waals surface area contributed by atoms with E-state index in [1.807, 2.05) is 94.9 Å². The first-order chi connectivity index (χ1) is 18.0. The predicted molar refractivity (Wildman–Crippen MR) is 151 cm³/mol. The molecule has 7 nitrogen and oxygen atoms in total. The number of rotatable bonds is 5. The molecule has 3 heterocycles. The second-order valence-corrected chi connectivity index (χ2v) is 10.7. The van der Waals surface area contributed by atoms with Crippen LogP contribution in [0.2, 0.25) is 0 Å². The largest absolute Gasteiger partial charge is 0.456 e. The molecule has 1 atom stereocenters. The second-order valence-electron chi connectivity index (χ2n) is 10.7. The molecular weight excluding hydrogens is 478 g/mol. The van der Waals surface area contributed by atoms with Crippen molar-refractivity contribution in [2.24, 2.45) is 7.05 Å². The minimum absolute atomic E-state index is 0.138. The van der Waals surface area contributed by atoms with Gasteiger partial charge in [0, 0.05) is 35.9 Å². The van der Waals surface area contributed by atoms with Gasteiger partial charge in [0.15, 0.2) is 11.2 Å². The van der Waals surface area contributed by atoms with E-state index in [9.17, 15) is 9.59 Å². The Hall–Kier alpha value is -4.39. The Morgan fingerprint density at radius 3 is 2.61 bits per heavy atom. The van der Waals surface area contributed by atoms with Gasteiger partial charge in [0.25, 0.3) is 0 Å². The molecule has 0 fully saturated rings. The van der Waals surface area contributed by atoms with Gasteiger partial charge in [-0.3, -0.25) is 4.79 Å². The van der Waals surface area contributed by atoms with E-state index in [1.54, 1.807) is 12.1 Å². The molecule has 1 N–H and O–H groups in total. The molecule has 2 aromatic carbocycles. The number of aromatic nitrogens is 2. The van der Waals surface area contributed by atoms with Crippen molar-refractivity contribution in [2.75, 3.05) is 5.32 Å². The number of para-hydroxylation sites is 1. The van der Waals surface area contributed by atoms with Gasteiger partial charge in [-0.25, -0.2) is 9.78 Å². The Morgan fingerprint density at radius 2 is 1.84 bits per heavy atom. The van der Waals surface area contributed by atoms with Gasteiger partial charge in [-0.15, -0.1) is 0 Å². The fourth-order valence-corrected chi connectivity index (χ4v) is 4.58. The number of nitrogens with zero attached hydrogens (tertiary/aromatic N) is 2. The van der Waals surface area contributed by atoms with Crippen molar-refractivity contribution in [2.45, 2.75) is 46.3 Å². The molecule has 0 bridgehead atoms. The zero-order valence-corrected chi connectivity index (χ0v) is 22.5. The van der Waals surface area contributed by atoms with Crippen LogP contribution in [0, 0.1) is 6.92 Å². The summed E-state index contributed by atoms with van der Waals surface area (Å²) in [5.74, 6) is -0.00471. The highest BCUT2D eigenvalue weighted by molar-refractivity contribution is 5.96. The van der Waals surface area contributed by atoms with Crippen molar-refractivity contribution >= 4 is 33.7 Å². The molecule has 5 aromatic rings. The van der Waals surface area contributed by atoms with Crippen LogP contribution in [-0.4, -0.2) is 21.1 Å². The lowest BCUT2D eigenvalue weighted by atomic mass is 10.0. The third kappa shape index (κ3) is 4.92. The summed E-state index contributed by atoms with van der Waals surface area (Å²) in [6.45, 7) is 9.44. The van der Waals surface area contributed by atoms with Gasteiger partial charge < -0.3 is 19.0 Å². The summed E-state index contributed by atoms with van der Waals surface area (Å²) in [7, 11) is 1.93. The lowest BCUT2D eigenvalue weighted by Crippen LogP contribution is -2.24. The maximum absolute atomic E-state index is 13.2. The van der Waals surface area contributed by atoms with Crippen LogP contribution >= 0.6 is 0 Å². The van der Waals surface area contributed by atoms with Gasteiger partial charge in [0.2, 0.25) is 0 Å². The zero-order valence-electron chi connectivity index (χ0n) is 22.5. The predicted octanol–water partition coefficient (Wildman–Crippen LogP) is 6.78. The zero-order chi connectivity index (χ0) is 27.2. The number of benzene rings is 2. The molecule has 0 radical (unpaired) electrons. The molecule has 3 aromatic heterocycles. The van der Waals surface area contributed by atoms with Crippen LogP contribution in [0.5, 0.6) is 0 Å². The SMILES string of the molecule is Cc1cc(C(C)Nc2ccccc2C(=O)OC(C)(C)C)c2oc(-c3ccc4ccn(C)c4n3)cc(=O)c2c1. The van der Waals surface area contributed by atoms with Crippen LogP contribution in [0.4, 0.5) is 5.69 Å². The number of hydrogen-bond donors (Lipinski definition) is 1. The number of anilines is 1. The topological polar surface area (TPSA) is 86.4 Å². The quantitative estimate of drug-likeness (QED) is 0.263. The molecule has 0 saturated heterocycles. The van der Waals surface area contributed by atoms with Crippen LogP contribution in [0.15, 0.2) is 76.1 Å². The van der Waals surface area contributed by atoms with Crippen molar-refractivity contribution in [3.63, 3.8) is 0 Å². The average Bonchev–Trinajstić information content (AvgIpc) is 3.23. The Kier molecular flexibility index (Phi) is 6.31. The monoisotopic (exact) mass is 509 g/mol. The van der Waals surface area contributed by atoms with E-state index in [4.69, 9.17) is 14.1 Å². The van der Waals surface area contributed by atoms with Gasteiger partial charge >= 0.3 is 5.97 Å². The van der Waals surface area contributed by atoms with Gasteiger partial charge in [-0.2, -0.15) is 0 Å². The number of fused-ring (bicyclic) bond motifs is 2. The number of aryl methyl sites for hydroxylation is 2. The van der Waals surface area contributed by atoms with E-state index in [-0.39, 0.29) is 11.5 Å². The molecular formula is C31H31N3O4. The van der Waals surface area contributed by atoms with E-state index >= 15 is 0 Å². The number of hydrogen-bond acceptors (Lipinski definition) is 6. The molecule has 38 heavy (non-hydrogen) atoms. The van der Waals surface area contributed by atoms with Gasteiger partial charge in [0.05, 0.1) is 17.0 Å². The Morgan fingerprint density at radius 1 is 1.08 bits per heavy atom. The average molecular weight is 510 g/mol. The lowest BCUT2D eigenvalue weighted by Gasteiger charge is -2.22. The molecule has 0 aliphatic rings. The molecule has 5 rings (SSSR count). The van der Waals surface area contributed by atoms with Gasteiger partial charge in [0.1, 0.15) is 22.5 Å². The fraction of sp³-hybridized carbons (Fsp3) is 0.258. The molecule has 0 aliphatic carbocycles. The molecule has 0 saturated carbocycles. The fourth-order valence-electron chi connectivity index (χ4n) is 4.58. The van der Waals surface area contributed by atoms with Crippen LogP contribution in [0.1, 0.15) is 55.2 Å². The molecule has 0 aliphatic heterocycles. The minimum Gasteiger partial charge on any atom is -0.456 e. The van der Waals surface area contributed by atoms with E-state index in [0.717, 1.165) is 22.2 Å². The summed E-state index contributed by atoms with van der Waals surface area (Å²) in [4.78, 5) is 30.9. The third-order valence-electron chi connectivity index (χ3n) is 6.36. The van der Waals surface area contributed by atoms with Crippen LogP contribution in [-0.2, 0) is 11.8 Å². The van der Waals surface area contributed by atoms with Gasteiger partial charge in [-0.05, 0) is 76.6 Å². The van der Waals surface area contributed by atoms with E-state index in [1.165, 1.54) is 6.07 Å². The summed E-state index contributed by atoms with van der Waals surface area (Å²) >= 11 is 0. The summed E-state index contributed by atoms with van der Waals surface area (Å²) in [6, 6.07) is 18.1. The molecule has 7 heteroatoms. The van der Waals surface area contributed by atoms with Gasteiger partial charge in [-0.1, -0.05) is 18.2 Å². The van der Waals surface area contributed by atoms with E-state index < -0.39 is 11.6 Å². The van der Waals surface area contributed by atoms with Crippen molar-refractivity contribution in [3.05, 3.63) is 93.8 Å². The smallest absolute Gasteiger partial charge is 0.340 e. The summed E-state index contributed by atoms with van der Waals surface area (Å²) in [6.07, 6.45) is 1.95. The second kappa shape index (κ2) is 9.49. The van der Waals surface area contributed by atoms with Crippen molar-refractivity contribution in [3.8, 4) is 11.5 Å². The number of ether oxygens (including phenoxy) is 1. The Labute approximate surface area is 221 Å². The van der Waals surface area contributed by atoms with Crippen LogP contribution in [0.25, 0.3) is 33.5 Å². The van der Waals surface area contributed by atoms with E-state index in [0.29, 0.717) is 33.7 Å². The van der Waals surface area contributed by atoms with Crippen LogP contribution < -0.4 is 10.7 Å². The number of pyridine rings is 1. The molecule has 194 valence electrons.